The van der Waals surface area contributed by atoms with Crippen LogP contribution in [0.1, 0.15) is 5.69 Å². The molecule has 0 aromatic carbocycles. The summed E-state index contributed by atoms with van der Waals surface area (Å²) in [6, 6.07) is 3.46. The zero-order chi connectivity index (χ0) is 14.1. The molecule has 3 aromatic rings. The Balaban J connectivity index is 2.13. The summed E-state index contributed by atoms with van der Waals surface area (Å²) < 4.78 is 6.63. The fourth-order valence-electron chi connectivity index (χ4n) is 1.61. The average Bonchev–Trinajstić information content (AvgIpc) is 3.04. The van der Waals surface area contributed by atoms with Crippen LogP contribution in [-0.4, -0.2) is 25.5 Å². The topological polar surface area (TPSA) is 125 Å². The number of amides is 1. The molecule has 8 heteroatoms. The van der Waals surface area contributed by atoms with Crippen molar-refractivity contribution in [3.63, 3.8) is 0 Å². The number of nitrogens with zero attached hydrogens (tertiary/aromatic N) is 4. The molecule has 0 aliphatic carbocycles. The van der Waals surface area contributed by atoms with E-state index in [1.54, 1.807) is 12.1 Å². The lowest BCUT2D eigenvalue weighted by atomic mass is 10.4. The Bertz CT molecular complexity index is 853. The number of nitrogens with two attached hydrogens (primary N) is 2. The summed E-state index contributed by atoms with van der Waals surface area (Å²) in [5, 5.41) is 4.21. The number of hydrogen-bond acceptors (Lipinski definition) is 6. The van der Waals surface area contributed by atoms with Gasteiger partial charge >= 0.3 is 0 Å². The van der Waals surface area contributed by atoms with E-state index in [1.165, 1.54) is 17.0 Å². The van der Waals surface area contributed by atoms with Crippen LogP contribution in [0, 0.1) is 11.8 Å². The molecule has 3 rings (SSSR count). The predicted octanol–water partition coefficient (Wildman–Crippen LogP) is -0.197. The molecular weight excluding hydrogens is 260 g/mol. The van der Waals surface area contributed by atoms with Gasteiger partial charge in [-0.15, -0.1) is 5.10 Å². The molecule has 3 heterocycles. The lowest BCUT2D eigenvalue weighted by Crippen LogP contribution is -2.06. The second-order valence-corrected chi connectivity index (χ2v) is 3.81. The van der Waals surface area contributed by atoms with Gasteiger partial charge in [-0.25, -0.2) is 14.5 Å². The Kier molecular flexibility index (Phi) is 2.58. The Hall–Kier alpha value is -3.34. The summed E-state index contributed by atoms with van der Waals surface area (Å²) in [6.07, 6.45) is 3.02. The van der Waals surface area contributed by atoms with E-state index in [-0.39, 0.29) is 11.5 Å². The van der Waals surface area contributed by atoms with Crippen molar-refractivity contribution in [3.05, 3.63) is 30.3 Å². The minimum absolute atomic E-state index is 0.145. The number of rotatable bonds is 1. The van der Waals surface area contributed by atoms with Crippen molar-refractivity contribution in [2.75, 3.05) is 5.73 Å². The summed E-state index contributed by atoms with van der Waals surface area (Å²) in [5.74, 6) is 4.96. The van der Waals surface area contributed by atoms with E-state index < -0.39 is 5.91 Å². The predicted molar refractivity (Wildman–Crippen MR) is 69.0 cm³/mol. The first kappa shape index (κ1) is 11.7. The maximum absolute atomic E-state index is 10.6. The first-order valence-corrected chi connectivity index (χ1v) is 5.52. The fourth-order valence-corrected chi connectivity index (χ4v) is 1.61. The molecule has 0 unspecified atom stereocenters. The molecule has 0 saturated carbocycles. The lowest BCUT2D eigenvalue weighted by molar-refractivity contribution is -0.112. The largest absolute Gasteiger partial charge is 0.461 e. The normalized spacial score (nSPS) is 10.2. The molecule has 8 nitrogen and oxygen atoms in total. The monoisotopic (exact) mass is 268 g/mol. The van der Waals surface area contributed by atoms with Crippen LogP contribution in [0.15, 0.2) is 29.0 Å². The van der Waals surface area contributed by atoms with Gasteiger partial charge in [-0.3, -0.25) is 4.79 Å². The Morgan fingerprint density at radius 2 is 2.25 bits per heavy atom. The van der Waals surface area contributed by atoms with Gasteiger partial charge in [0.15, 0.2) is 17.2 Å². The molecule has 0 bridgehead atoms. The summed E-state index contributed by atoms with van der Waals surface area (Å²) in [4.78, 5) is 18.9. The molecule has 0 radical (unpaired) electrons. The average molecular weight is 268 g/mol. The molecule has 1 amide bonds. The van der Waals surface area contributed by atoms with Crippen molar-refractivity contribution < 1.29 is 9.21 Å². The van der Waals surface area contributed by atoms with Crippen LogP contribution in [0.25, 0.3) is 17.2 Å². The number of fused-ring (bicyclic) bond motifs is 1. The van der Waals surface area contributed by atoms with E-state index in [0.717, 1.165) is 0 Å². The number of hydrogen-bond donors (Lipinski definition) is 2. The molecule has 4 N–H and O–H groups in total. The maximum Gasteiger partial charge on any atom is 0.293 e. The Morgan fingerprint density at radius 1 is 1.40 bits per heavy atom. The van der Waals surface area contributed by atoms with Gasteiger partial charge in [-0.1, -0.05) is 0 Å². The third-order valence-corrected chi connectivity index (χ3v) is 2.40. The second kappa shape index (κ2) is 4.40. The van der Waals surface area contributed by atoms with Gasteiger partial charge in [-0.2, -0.15) is 0 Å². The Labute approximate surface area is 112 Å². The Morgan fingerprint density at radius 3 is 2.95 bits per heavy atom. The highest BCUT2D eigenvalue weighted by Crippen LogP contribution is 2.18. The molecule has 0 aliphatic heterocycles. The van der Waals surface area contributed by atoms with Crippen LogP contribution in [-0.2, 0) is 4.79 Å². The van der Waals surface area contributed by atoms with Crippen molar-refractivity contribution in [3.8, 4) is 23.4 Å². The fraction of sp³-hybridized carbons (Fsp3) is 0. The van der Waals surface area contributed by atoms with E-state index in [0.29, 0.717) is 17.2 Å². The number of aromatic nitrogens is 4. The van der Waals surface area contributed by atoms with Crippen LogP contribution >= 0.6 is 0 Å². The maximum atomic E-state index is 10.6. The molecular formula is C12H8N6O2. The number of nitrogen functional groups attached to an aromatic ring is 1. The summed E-state index contributed by atoms with van der Waals surface area (Å²) in [5.41, 5.74) is 11.4. The van der Waals surface area contributed by atoms with Crippen molar-refractivity contribution >= 4 is 17.4 Å². The highest BCUT2D eigenvalue weighted by molar-refractivity contribution is 5.92. The molecule has 3 aromatic heterocycles. The number of carbonyl (C=O) groups excluding carboxylic acids is 1. The summed E-state index contributed by atoms with van der Waals surface area (Å²) >= 11 is 0. The van der Waals surface area contributed by atoms with E-state index >= 15 is 0 Å². The summed E-state index contributed by atoms with van der Waals surface area (Å²) in [7, 11) is 0. The SMILES string of the molecule is NC(=O)C#Cc1cn2nc(-c3ccco3)nc2c(N)n1. The number of primary amides is 1. The molecule has 20 heavy (non-hydrogen) atoms. The quantitative estimate of drug-likeness (QED) is 0.589. The minimum Gasteiger partial charge on any atom is -0.461 e. The third kappa shape index (κ3) is 2.04. The van der Waals surface area contributed by atoms with Gasteiger partial charge in [-0.05, 0) is 18.1 Å². The van der Waals surface area contributed by atoms with Crippen LogP contribution in [0.2, 0.25) is 0 Å². The third-order valence-electron chi connectivity index (χ3n) is 2.40. The highest BCUT2D eigenvalue weighted by atomic mass is 16.3. The molecule has 0 saturated heterocycles. The minimum atomic E-state index is -0.750. The van der Waals surface area contributed by atoms with Crippen molar-refractivity contribution in [1.29, 1.82) is 0 Å². The van der Waals surface area contributed by atoms with E-state index in [1.807, 2.05) is 0 Å². The van der Waals surface area contributed by atoms with Gasteiger partial charge in [0.25, 0.3) is 5.91 Å². The standard InChI is InChI=1S/C12H8N6O2/c13-9(19)4-3-7-6-18-12(10(14)15-7)16-11(17-18)8-2-1-5-20-8/h1-2,5-6H,(H2,13,19)(H2,14,15). The van der Waals surface area contributed by atoms with Gasteiger partial charge in [0, 0.05) is 5.92 Å². The first-order chi connectivity index (χ1) is 9.63. The van der Waals surface area contributed by atoms with Gasteiger partial charge in [0.05, 0.1) is 12.5 Å². The van der Waals surface area contributed by atoms with Gasteiger partial charge in [0.1, 0.15) is 5.69 Å². The van der Waals surface area contributed by atoms with E-state index in [4.69, 9.17) is 15.9 Å². The number of anilines is 1. The van der Waals surface area contributed by atoms with Gasteiger partial charge < -0.3 is 15.9 Å². The van der Waals surface area contributed by atoms with Crippen LogP contribution in [0.5, 0.6) is 0 Å². The summed E-state index contributed by atoms with van der Waals surface area (Å²) in [6.45, 7) is 0. The van der Waals surface area contributed by atoms with Crippen molar-refractivity contribution in [2.24, 2.45) is 5.73 Å². The zero-order valence-corrected chi connectivity index (χ0v) is 10.1. The number of carbonyl (C=O) groups is 1. The lowest BCUT2D eigenvalue weighted by Gasteiger charge is -1.96. The van der Waals surface area contributed by atoms with Crippen LogP contribution < -0.4 is 11.5 Å². The van der Waals surface area contributed by atoms with E-state index in [2.05, 4.69) is 26.9 Å². The van der Waals surface area contributed by atoms with E-state index in [9.17, 15) is 4.79 Å². The molecule has 0 atom stereocenters. The van der Waals surface area contributed by atoms with Crippen LogP contribution in [0.4, 0.5) is 5.82 Å². The molecule has 0 fully saturated rings. The first-order valence-electron chi connectivity index (χ1n) is 5.52. The number of furan rings is 1. The highest BCUT2D eigenvalue weighted by Gasteiger charge is 2.12. The molecule has 0 aliphatic rings. The zero-order valence-electron chi connectivity index (χ0n) is 10.1. The smallest absolute Gasteiger partial charge is 0.293 e. The van der Waals surface area contributed by atoms with Crippen molar-refractivity contribution in [2.45, 2.75) is 0 Å². The van der Waals surface area contributed by atoms with Gasteiger partial charge in [0.2, 0.25) is 5.82 Å². The van der Waals surface area contributed by atoms with Crippen molar-refractivity contribution in [1.82, 2.24) is 19.6 Å². The molecule has 0 spiro atoms. The van der Waals surface area contributed by atoms with Crippen LogP contribution in [0.3, 0.4) is 0 Å². The molecule has 98 valence electrons. The second-order valence-electron chi connectivity index (χ2n) is 3.81.